The van der Waals surface area contributed by atoms with Crippen molar-refractivity contribution in [3.05, 3.63) is 7.43 Å². The van der Waals surface area contributed by atoms with Gasteiger partial charge in [-0.05, 0) is 19.9 Å². The zero-order valence-corrected chi connectivity index (χ0v) is 16.3. The van der Waals surface area contributed by atoms with Gasteiger partial charge in [-0.2, -0.15) is 0 Å². The number of ether oxygens (including phenoxy) is 1. The Balaban J connectivity index is -0.000000241. The largest absolute Gasteiger partial charge is 0.550 e. The second kappa shape index (κ2) is 15.8. The van der Waals surface area contributed by atoms with Gasteiger partial charge >= 0.3 is 5.97 Å². The molecule has 0 aromatic carbocycles. The van der Waals surface area contributed by atoms with Gasteiger partial charge in [0, 0.05) is 44.6 Å². The molecule has 0 fully saturated rings. The number of nitrogens with zero attached hydrogens (tertiary/aromatic N) is 1. The third-order valence-electron chi connectivity index (χ3n) is 2.66. The first-order valence-electron chi connectivity index (χ1n) is 5.95. The van der Waals surface area contributed by atoms with E-state index >= 15 is 0 Å². The minimum absolute atomic E-state index is 0. The number of carboxylic acids is 1. The summed E-state index contributed by atoms with van der Waals surface area (Å²) in [6, 6.07) is -0.481. The molecule has 0 aliphatic rings. The van der Waals surface area contributed by atoms with Crippen LogP contribution in [-0.2, 0) is 47.0 Å². The van der Waals surface area contributed by atoms with Crippen LogP contribution in [0.3, 0.4) is 0 Å². The molecule has 0 bridgehead atoms. The standard InChI is InChI=1S/C12H24N2O4.2CH4.CH3.Y/c1-13-10(12(17)18-5)6-9(7-11(15)16)8-14(2,3)4;;;;/h9-10,13H,6-8H2,1-5H3;2*1H4;1H3;/q;;;-1;. The molecule has 0 heterocycles. The normalized spacial score (nSPS) is 12.2. The van der Waals surface area contributed by atoms with Crippen LogP contribution in [0.25, 0.3) is 0 Å². The van der Waals surface area contributed by atoms with Crippen molar-refractivity contribution in [2.45, 2.75) is 33.7 Å². The van der Waals surface area contributed by atoms with E-state index in [-0.39, 0.29) is 73.3 Å². The number of methoxy groups -OCH3 is 1. The van der Waals surface area contributed by atoms with Crippen molar-refractivity contribution in [1.29, 1.82) is 0 Å². The van der Waals surface area contributed by atoms with Crippen LogP contribution in [0.5, 0.6) is 0 Å². The summed E-state index contributed by atoms with van der Waals surface area (Å²) in [5, 5.41) is 13.6. The Hall–Kier alpha value is -0.0361. The van der Waals surface area contributed by atoms with Crippen molar-refractivity contribution in [3.63, 3.8) is 0 Å². The van der Waals surface area contributed by atoms with E-state index in [1.54, 1.807) is 7.05 Å². The number of carbonyl (C=O) groups excluding carboxylic acids is 2. The van der Waals surface area contributed by atoms with E-state index in [9.17, 15) is 14.7 Å². The maximum Gasteiger partial charge on any atom is 0.322 e. The molecule has 0 rings (SSSR count). The molecule has 2 unspecified atom stereocenters. The topological polar surface area (TPSA) is 78.5 Å². The first-order valence-corrected chi connectivity index (χ1v) is 5.95. The van der Waals surface area contributed by atoms with E-state index in [0.717, 1.165) is 0 Å². The molecule has 133 valence electrons. The van der Waals surface area contributed by atoms with Crippen molar-refractivity contribution in [2.24, 2.45) is 5.92 Å². The van der Waals surface area contributed by atoms with Gasteiger partial charge in [0.15, 0.2) is 0 Å². The molecule has 1 N–H and O–H groups in total. The van der Waals surface area contributed by atoms with E-state index in [0.29, 0.717) is 17.4 Å². The maximum absolute atomic E-state index is 11.5. The Morgan fingerprint density at radius 1 is 1.23 bits per heavy atom. The summed E-state index contributed by atoms with van der Waals surface area (Å²) < 4.78 is 5.30. The van der Waals surface area contributed by atoms with Crippen LogP contribution >= 0.6 is 0 Å². The van der Waals surface area contributed by atoms with Gasteiger partial charge in [-0.1, -0.05) is 14.9 Å². The number of hydrogen-bond donors (Lipinski definition) is 1. The fourth-order valence-corrected chi connectivity index (χ4v) is 2.04. The maximum atomic E-state index is 11.5. The third kappa shape index (κ3) is 16.3. The Bertz CT molecular complexity index is 294. The Labute approximate surface area is 162 Å². The Morgan fingerprint density at radius 3 is 1.95 bits per heavy atom. The molecular weight excluding hydrogens is 361 g/mol. The number of carboxylic acid groups (broad SMARTS) is 1. The summed E-state index contributed by atoms with van der Waals surface area (Å²) in [7, 11) is 8.92. The van der Waals surface area contributed by atoms with Gasteiger partial charge in [-0.15, -0.1) is 0 Å². The summed E-state index contributed by atoms with van der Waals surface area (Å²) in [5.74, 6) is -1.60. The number of esters is 1. The number of rotatable bonds is 8. The van der Waals surface area contributed by atoms with Crippen molar-refractivity contribution in [2.75, 3.05) is 41.8 Å². The predicted octanol–water partition coefficient (Wildman–Crippen LogP) is 0.320. The molecule has 0 spiro atoms. The number of carbonyl (C=O) groups is 2. The second-order valence-electron chi connectivity index (χ2n) is 5.52. The van der Waals surface area contributed by atoms with Gasteiger partial charge < -0.3 is 31.9 Å². The average molecular weight is 396 g/mol. The van der Waals surface area contributed by atoms with Gasteiger partial charge in [0.2, 0.25) is 0 Å². The first-order chi connectivity index (χ1) is 8.19. The molecular formula is C15H35N2O4Y-. The van der Waals surface area contributed by atoms with Crippen LogP contribution in [-0.4, -0.2) is 64.3 Å². The average Bonchev–Trinajstić information content (AvgIpc) is 2.21. The first kappa shape index (κ1) is 33.5. The smallest absolute Gasteiger partial charge is 0.322 e. The van der Waals surface area contributed by atoms with Crippen molar-refractivity contribution in [3.8, 4) is 0 Å². The summed E-state index contributed by atoms with van der Waals surface area (Å²) in [6.07, 6.45) is 0.372. The van der Waals surface area contributed by atoms with Crippen LogP contribution in [0.2, 0.25) is 0 Å². The molecule has 0 saturated heterocycles. The number of quaternary nitrogens is 1. The van der Waals surface area contributed by atoms with Gasteiger partial charge in [-0.3, -0.25) is 4.79 Å². The monoisotopic (exact) mass is 396 g/mol. The van der Waals surface area contributed by atoms with Gasteiger partial charge in [-0.25, -0.2) is 0 Å². The fourth-order valence-electron chi connectivity index (χ4n) is 2.04. The molecule has 7 heteroatoms. The zero-order chi connectivity index (χ0) is 14.3. The summed E-state index contributed by atoms with van der Waals surface area (Å²) >= 11 is 0. The third-order valence-corrected chi connectivity index (χ3v) is 2.66. The molecule has 0 aromatic heterocycles. The molecule has 0 aromatic rings. The van der Waals surface area contributed by atoms with Gasteiger partial charge in [0.1, 0.15) is 6.04 Å². The van der Waals surface area contributed by atoms with Crippen LogP contribution in [0, 0.1) is 13.3 Å². The van der Waals surface area contributed by atoms with E-state index in [1.165, 1.54) is 7.11 Å². The molecule has 22 heavy (non-hydrogen) atoms. The second-order valence-corrected chi connectivity index (χ2v) is 5.52. The van der Waals surface area contributed by atoms with Gasteiger partial charge in [0.05, 0.1) is 34.8 Å². The van der Waals surface area contributed by atoms with E-state index < -0.39 is 12.0 Å². The molecule has 6 nitrogen and oxygen atoms in total. The molecule has 0 aliphatic heterocycles. The molecule has 0 amide bonds. The zero-order valence-electron chi connectivity index (χ0n) is 13.4. The van der Waals surface area contributed by atoms with Crippen LogP contribution in [0.1, 0.15) is 27.7 Å². The van der Waals surface area contributed by atoms with Crippen LogP contribution in [0.4, 0.5) is 0 Å². The Kier molecular flexibility index (Phi) is 24.2. The van der Waals surface area contributed by atoms with Crippen molar-refractivity contribution in [1.82, 2.24) is 5.32 Å². The van der Waals surface area contributed by atoms with E-state index in [2.05, 4.69) is 10.1 Å². The van der Waals surface area contributed by atoms with Crippen LogP contribution in [0.15, 0.2) is 0 Å². The number of nitrogens with one attached hydrogen (secondary N) is 1. The van der Waals surface area contributed by atoms with E-state index in [4.69, 9.17) is 0 Å². The minimum atomic E-state index is -1.09. The predicted molar refractivity (Wildman–Crippen MR) is 85.4 cm³/mol. The summed E-state index contributed by atoms with van der Waals surface area (Å²) in [4.78, 5) is 22.2. The number of likely N-dealkylation sites (N-methyl/N-ethyl adjacent to an activating group) is 1. The van der Waals surface area contributed by atoms with Crippen molar-refractivity contribution >= 4 is 11.9 Å². The minimum Gasteiger partial charge on any atom is -0.550 e. The summed E-state index contributed by atoms with van der Waals surface area (Å²) in [5.41, 5.74) is 0. The molecule has 2 atom stereocenters. The Morgan fingerprint density at radius 2 is 1.68 bits per heavy atom. The molecule has 0 aliphatic carbocycles. The summed E-state index contributed by atoms with van der Waals surface area (Å²) in [6.45, 7) is 0.656. The number of aliphatic carboxylic acids is 1. The van der Waals surface area contributed by atoms with Crippen molar-refractivity contribution < 1.29 is 56.6 Å². The SMILES string of the molecule is C.C.CNC(CC(CC(=O)[O-])C[N+](C)(C)C)C(=O)OC.[CH3-].[Y]. The fraction of sp³-hybridized carbons (Fsp3) is 0.800. The van der Waals surface area contributed by atoms with Gasteiger partial charge in [0.25, 0.3) is 0 Å². The molecule has 1 radical (unpaired) electrons. The molecule has 0 saturated carbocycles. The van der Waals surface area contributed by atoms with E-state index in [1.807, 2.05) is 21.1 Å². The quantitative estimate of drug-likeness (QED) is 0.363. The van der Waals surface area contributed by atoms with Crippen LogP contribution < -0.4 is 10.4 Å². The number of hydrogen-bond acceptors (Lipinski definition) is 5.